The first kappa shape index (κ1) is 14.2. The second kappa shape index (κ2) is 5.84. The first-order chi connectivity index (χ1) is 9.02. The minimum atomic E-state index is 0.340. The summed E-state index contributed by atoms with van der Waals surface area (Å²) < 4.78 is 0. The summed E-state index contributed by atoms with van der Waals surface area (Å²) in [6.45, 7) is 6.77. The van der Waals surface area contributed by atoms with Gasteiger partial charge in [0.05, 0.1) is 17.6 Å². The molecule has 0 radical (unpaired) electrons. The van der Waals surface area contributed by atoms with Crippen molar-refractivity contribution in [3.05, 3.63) is 17.7 Å². The van der Waals surface area contributed by atoms with Crippen LogP contribution in [0.3, 0.4) is 0 Å². The van der Waals surface area contributed by atoms with Crippen molar-refractivity contribution in [3.63, 3.8) is 0 Å². The van der Waals surface area contributed by atoms with Gasteiger partial charge in [0.2, 0.25) is 0 Å². The highest BCUT2D eigenvalue weighted by Crippen LogP contribution is 2.25. The van der Waals surface area contributed by atoms with Crippen molar-refractivity contribution in [2.24, 2.45) is 5.73 Å². The standard InChI is InChI=1S/C14H25N5/c1-10(2)14-16-8-13(12(7-15)17-14)19-6-5-11(9-19)18(3)4/h8,10-11H,5-7,9,15H2,1-4H3. The van der Waals surface area contributed by atoms with E-state index in [2.05, 4.69) is 47.7 Å². The molecule has 1 aromatic rings. The summed E-state index contributed by atoms with van der Waals surface area (Å²) in [5.74, 6) is 1.22. The van der Waals surface area contributed by atoms with Crippen LogP contribution >= 0.6 is 0 Å². The van der Waals surface area contributed by atoms with Crippen molar-refractivity contribution >= 4 is 5.69 Å². The molecule has 0 bridgehead atoms. The number of rotatable bonds is 4. The number of anilines is 1. The van der Waals surface area contributed by atoms with Gasteiger partial charge in [-0.1, -0.05) is 13.8 Å². The summed E-state index contributed by atoms with van der Waals surface area (Å²) >= 11 is 0. The monoisotopic (exact) mass is 263 g/mol. The van der Waals surface area contributed by atoms with E-state index >= 15 is 0 Å². The molecule has 2 N–H and O–H groups in total. The molecule has 1 unspecified atom stereocenters. The molecule has 5 nitrogen and oxygen atoms in total. The average molecular weight is 263 g/mol. The van der Waals surface area contributed by atoms with E-state index in [9.17, 15) is 0 Å². The zero-order valence-electron chi connectivity index (χ0n) is 12.4. The Bertz CT molecular complexity index is 430. The highest BCUT2D eigenvalue weighted by molar-refractivity contribution is 5.50. The molecule has 2 heterocycles. The van der Waals surface area contributed by atoms with Gasteiger partial charge >= 0.3 is 0 Å². The Kier molecular flexibility index (Phi) is 4.37. The molecule has 0 saturated carbocycles. The predicted octanol–water partition coefficient (Wildman–Crippen LogP) is 1.20. The maximum absolute atomic E-state index is 5.85. The van der Waals surface area contributed by atoms with Crippen molar-refractivity contribution in [1.82, 2.24) is 14.9 Å². The zero-order chi connectivity index (χ0) is 14.0. The van der Waals surface area contributed by atoms with Gasteiger partial charge in [0.15, 0.2) is 0 Å². The van der Waals surface area contributed by atoms with Crippen molar-refractivity contribution in [3.8, 4) is 0 Å². The largest absolute Gasteiger partial charge is 0.367 e. The molecule has 1 saturated heterocycles. The topological polar surface area (TPSA) is 58.3 Å². The lowest BCUT2D eigenvalue weighted by molar-refractivity contribution is 0.315. The summed E-state index contributed by atoms with van der Waals surface area (Å²) in [5, 5.41) is 0. The van der Waals surface area contributed by atoms with Crippen molar-refractivity contribution in [2.75, 3.05) is 32.1 Å². The fourth-order valence-corrected chi connectivity index (χ4v) is 2.50. The van der Waals surface area contributed by atoms with E-state index in [0.717, 1.165) is 30.3 Å². The molecular weight excluding hydrogens is 238 g/mol. The average Bonchev–Trinajstić information content (AvgIpc) is 2.87. The number of nitrogens with two attached hydrogens (primary N) is 1. The van der Waals surface area contributed by atoms with E-state index in [1.165, 1.54) is 6.42 Å². The van der Waals surface area contributed by atoms with Crippen LogP contribution in [0.25, 0.3) is 0 Å². The molecule has 1 aliphatic heterocycles. The molecule has 2 rings (SSSR count). The lowest BCUT2D eigenvalue weighted by atomic mass is 10.2. The van der Waals surface area contributed by atoms with Gasteiger partial charge in [-0.2, -0.15) is 0 Å². The summed E-state index contributed by atoms with van der Waals surface area (Å²) in [6.07, 6.45) is 3.13. The van der Waals surface area contributed by atoms with E-state index in [0.29, 0.717) is 18.5 Å². The van der Waals surface area contributed by atoms with E-state index in [4.69, 9.17) is 5.73 Å². The third kappa shape index (κ3) is 3.04. The van der Waals surface area contributed by atoms with E-state index in [1.807, 2.05) is 6.20 Å². The third-order valence-corrected chi connectivity index (χ3v) is 3.81. The molecule has 1 atom stereocenters. The molecule has 19 heavy (non-hydrogen) atoms. The van der Waals surface area contributed by atoms with Gasteiger partial charge in [-0.15, -0.1) is 0 Å². The Morgan fingerprint density at radius 3 is 2.74 bits per heavy atom. The predicted molar refractivity (Wildman–Crippen MR) is 78.3 cm³/mol. The van der Waals surface area contributed by atoms with Crippen LogP contribution in [-0.2, 0) is 6.54 Å². The second-order valence-corrected chi connectivity index (χ2v) is 5.77. The Labute approximate surface area is 115 Å². The van der Waals surface area contributed by atoms with Gasteiger partial charge < -0.3 is 15.5 Å². The van der Waals surface area contributed by atoms with E-state index in [-0.39, 0.29) is 0 Å². The lowest BCUT2D eigenvalue weighted by Gasteiger charge is -2.23. The van der Waals surface area contributed by atoms with Crippen LogP contribution in [0.15, 0.2) is 6.20 Å². The normalized spacial score (nSPS) is 19.7. The second-order valence-electron chi connectivity index (χ2n) is 5.77. The van der Waals surface area contributed by atoms with Gasteiger partial charge in [-0.25, -0.2) is 9.97 Å². The molecular formula is C14H25N5. The quantitative estimate of drug-likeness (QED) is 0.884. The lowest BCUT2D eigenvalue weighted by Crippen LogP contribution is -2.32. The maximum atomic E-state index is 5.85. The fourth-order valence-electron chi connectivity index (χ4n) is 2.50. The summed E-state index contributed by atoms with van der Waals surface area (Å²) in [7, 11) is 4.27. The molecule has 5 heteroatoms. The molecule has 0 amide bonds. The van der Waals surface area contributed by atoms with Crippen LogP contribution in [0.5, 0.6) is 0 Å². The highest BCUT2D eigenvalue weighted by Gasteiger charge is 2.26. The number of aromatic nitrogens is 2. The molecule has 0 aliphatic carbocycles. The zero-order valence-corrected chi connectivity index (χ0v) is 12.4. The minimum absolute atomic E-state index is 0.340. The smallest absolute Gasteiger partial charge is 0.131 e. The van der Waals surface area contributed by atoms with Crippen LogP contribution < -0.4 is 10.6 Å². The summed E-state index contributed by atoms with van der Waals surface area (Å²) in [6, 6.07) is 0.607. The number of likely N-dealkylation sites (N-methyl/N-ethyl adjacent to an activating group) is 1. The van der Waals surface area contributed by atoms with Crippen molar-refractivity contribution in [2.45, 2.75) is 38.8 Å². The number of nitrogens with zero attached hydrogens (tertiary/aromatic N) is 4. The van der Waals surface area contributed by atoms with E-state index < -0.39 is 0 Å². The highest BCUT2D eigenvalue weighted by atomic mass is 15.2. The van der Waals surface area contributed by atoms with Gasteiger partial charge in [0.25, 0.3) is 0 Å². The molecule has 106 valence electrons. The third-order valence-electron chi connectivity index (χ3n) is 3.81. The fraction of sp³-hybridized carbons (Fsp3) is 0.714. The van der Waals surface area contributed by atoms with Crippen LogP contribution in [0.2, 0.25) is 0 Å². The van der Waals surface area contributed by atoms with Gasteiger partial charge in [-0.3, -0.25) is 0 Å². The Morgan fingerprint density at radius 2 is 2.21 bits per heavy atom. The Balaban J connectivity index is 2.21. The minimum Gasteiger partial charge on any atom is -0.367 e. The van der Waals surface area contributed by atoms with Crippen LogP contribution in [0.4, 0.5) is 5.69 Å². The molecule has 0 spiro atoms. The van der Waals surface area contributed by atoms with Crippen molar-refractivity contribution < 1.29 is 0 Å². The SMILES string of the molecule is CC(C)c1ncc(N2CCC(N(C)C)C2)c(CN)n1. The van der Waals surface area contributed by atoms with E-state index in [1.54, 1.807) is 0 Å². The van der Waals surface area contributed by atoms with Crippen LogP contribution in [-0.4, -0.2) is 48.1 Å². The van der Waals surface area contributed by atoms with Gasteiger partial charge in [0.1, 0.15) is 5.82 Å². The molecule has 1 aromatic heterocycles. The number of hydrogen-bond acceptors (Lipinski definition) is 5. The van der Waals surface area contributed by atoms with Gasteiger partial charge in [-0.05, 0) is 20.5 Å². The first-order valence-corrected chi connectivity index (χ1v) is 7.00. The molecule has 0 aromatic carbocycles. The maximum Gasteiger partial charge on any atom is 0.131 e. The first-order valence-electron chi connectivity index (χ1n) is 7.00. The van der Waals surface area contributed by atoms with Gasteiger partial charge in [0, 0.05) is 31.6 Å². The van der Waals surface area contributed by atoms with Crippen LogP contribution in [0.1, 0.15) is 37.7 Å². The molecule has 1 fully saturated rings. The van der Waals surface area contributed by atoms with Crippen LogP contribution in [0, 0.1) is 0 Å². The Morgan fingerprint density at radius 1 is 1.47 bits per heavy atom. The summed E-state index contributed by atoms with van der Waals surface area (Å²) in [4.78, 5) is 13.7. The summed E-state index contributed by atoms with van der Waals surface area (Å²) in [5.41, 5.74) is 7.93. The van der Waals surface area contributed by atoms with Crippen molar-refractivity contribution in [1.29, 1.82) is 0 Å². The Hall–Kier alpha value is -1.20. The molecule has 1 aliphatic rings. The number of hydrogen-bond donors (Lipinski definition) is 1.